The molecule has 2 aliphatic heterocycles. The number of amides is 1. The maximum Gasteiger partial charge on any atom is 0.227 e. The molecule has 0 radical (unpaired) electrons. The van der Waals surface area contributed by atoms with Crippen LogP contribution in [0.3, 0.4) is 0 Å². The molecular weight excluding hydrogens is 240 g/mol. The summed E-state index contributed by atoms with van der Waals surface area (Å²) in [5.41, 5.74) is -0.221. The van der Waals surface area contributed by atoms with Gasteiger partial charge in [0.15, 0.2) is 9.84 Å². The lowest BCUT2D eigenvalue weighted by atomic mass is 9.97. The standard InChI is InChI=1S/C11H20N2O3S/c1-11(2)8-12-4-5-13(11)10(14)9-3-6-17(15,16)7-9/h9,12H,3-8H2,1-2H3. The first-order valence-corrected chi connectivity index (χ1v) is 7.87. The number of nitrogens with one attached hydrogen (secondary N) is 1. The van der Waals surface area contributed by atoms with Crippen LogP contribution in [0.25, 0.3) is 0 Å². The highest BCUT2D eigenvalue weighted by atomic mass is 32.2. The molecule has 1 N–H and O–H groups in total. The molecule has 5 nitrogen and oxygen atoms in total. The summed E-state index contributed by atoms with van der Waals surface area (Å²) in [7, 11) is -2.98. The van der Waals surface area contributed by atoms with Gasteiger partial charge in [-0.2, -0.15) is 0 Å². The Balaban J connectivity index is 2.10. The molecule has 0 aromatic carbocycles. The van der Waals surface area contributed by atoms with E-state index in [0.29, 0.717) is 13.0 Å². The van der Waals surface area contributed by atoms with Crippen LogP contribution in [0.2, 0.25) is 0 Å². The lowest BCUT2D eigenvalue weighted by Gasteiger charge is -2.43. The molecule has 1 unspecified atom stereocenters. The van der Waals surface area contributed by atoms with E-state index in [-0.39, 0.29) is 28.9 Å². The molecule has 2 fully saturated rings. The molecular formula is C11H20N2O3S. The zero-order valence-electron chi connectivity index (χ0n) is 10.4. The average molecular weight is 260 g/mol. The second-order valence-electron chi connectivity index (χ2n) is 5.58. The summed E-state index contributed by atoms with van der Waals surface area (Å²) in [6, 6.07) is 0. The van der Waals surface area contributed by atoms with Gasteiger partial charge in [-0.25, -0.2) is 8.42 Å². The number of sulfone groups is 1. The molecule has 98 valence electrons. The van der Waals surface area contributed by atoms with Gasteiger partial charge in [0.2, 0.25) is 5.91 Å². The van der Waals surface area contributed by atoms with Crippen molar-refractivity contribution in [3.05, 3.63) is 0 Å². The number of piperazine rings is 1. The Hall–Kier alpha value is -0.620. The Morgan fingerprint density at radius 2 is 2.12 bits per heavy atom. The first-order valence-electron chi connectivity index (χ1n) is 6.04. The SMILES string of the molecule is CC1(C)CNCCN1C(=O)C1CCS(=O)(=O)C1. The molecule has 1 amide bonds. The second kappa shape index (κ2) is 4.24. The Labute approximate surface area is 102 Å². The third-order valence-electron chi connectivity index (χ3n) is 3.65. The molecule has 6 heteroatoms. The summed E-state index contributed by atoms with van der Waals surface area (Å²) in [4.78, 5) is 14.2. The van der Waals surface area contributed by atoms with E-state index in [1.807, 2.05) is 18.7 Å². The van der Waals surface area contributed by atoms with E-state index in [9.17, 15) is 13.2 Å². The minimum Gasteiger partial charge on any atom is -0.335 e. The molecule has 2 heterocycles. The van der Waals surface area contributed by atoms with E-state index in [4.69, 9.17) is 0 Å². The molecule has 0 aromatic heterocycles. The zero-order chi connectivity index (χ0) is 12.7. The lowest BCUT2D eigenvalue weighted by Crippen LogP contribution is -2.61. The predicted molar refractivity (Wildman–Crippen MR) is 65.4 cm³/mol. The van der Waals surface area contributed by atoms with Crippen LogP contribution in [-0.4, -0.2) is 55.9 Å². The van der Waals surface area contributed by atoms with Crippen LogP contribution in [0.5, 0.6) is 0 Å². The van der Waals surface area contributed by atoms with Crippen LogP contribution in [0.4, 0.5) is 0 Å². The fourth-order valence-corrected chi connectivity index (χ4v) is 4.33. The number of hydrogen-bond acceptors (Lipinski definition) is 4. The van der Waals surface area contributed by atoms with Crippen molar-refractivity contribution in [1.29, 1.82) is 0 Å². The Morgan fingerprint density at radius 1 is 1.41 bits per heavy atom. The third-order valence-corrected chi connectivity index (χ3v) is 5.42. The number of rotatable bonds is 1. The van der Waals surface area contributed by atoms with Gasteiger partial charge in [-0.15, -0.1) is 0 Å². The number of carbonyl (C=O) groups is 1. The third kappa shape index (κ3) is 2.63. The summed E-state index contributed by atoms with van der Waals surface area (Å²) in [6.07, 6.45) is 0.487. The highest BCUT2D eigenvalue weighted by Crippen LogP contribution is 2.25. The highest BCUT2D eigenvalue weighted by molar-refractivity contribution is 7.91. The van der Waals surface area contributed by atoms with Gasteiger partial charge < -0.3 is 10.2 Å². The van der Waals surface area contributed by atoms with Crippen LogP contribution < -0.4 is 5.32 Å². The van der Waals surface area contributed by atoms with Gasteiger partial charge in [0, 0.05) is 25.2 Å². The normalized spacial score (nSPS) is 31.4. The van der Waals surface area contributed by atoms with E-state index < -0.39 is 9.84 Å². The van der Waals surface area contributed by atoms with Gasteiger partial charge >= 0.3 is 0 Å². The van der Waals surface area contributed by atoms with Crippen molar-refractivity contribution in [2.24, 2.45) is 5.92 Å². The number of nitrogens with zero attached hydrogens (tertiary/aromatic N) is 1. The smallest absolute Gasteiger partial charge is 0.227 e. The van der Waals surface area contributed by atoms with Gasteiger partial charge in [-0.1, -0.05) is 0 Å². The van der Waals surface area contributed by atoms with E-state index in [1.165, 1.54) is 0 Å². The van der Waals surface area contributed by atoms with Gasteiger partial charge in [0.25, 0.3) is 0 Å². The van der Waals surface area contributed by atoms with Gasteiger partial charge in [0.1, 0.15) is 0 Å². The van der Waals surface area contributed by atoms with E-state index in [2.05, 4.69) is 5.32 Å². The van der Waals surface area contributed by atoms with Crippen molar-refractivity contribution < 1.29 is 13.2 Å². The van der Waals surface area contributed by atoms with Crippen LogP contribution in [0.15, 0.2) is 0 Å². The number of hydrogen-bond donors (Lipinski definition) is 1. The molecule has 17 heavy (non-hydrogen) atoms. The van der Waals surface area contributed by atoms with Crippen LogP contribution >= 0.6 is 0 Å². The Bertz CT molecular complexity index is 416. The quantitative estimate of drug-likeness (QED) is 0.698. The van der Waals surface area contributed by atoms with Crippen LogP contribution in [0, 0.1) is 5.92 Å². The lowest BCUT2D eigenvalue weighted by molar-refractivity contribution is -0.141. The zero-order valence-corrected chi connectivity index (χ0v) is 11.2. The first-order chi connectivity index (χ1) is 7.82. The number of carbonyl (C=O) groups excluding carboxylic acids is 1. The summed E-state index contributed by atoms with van der Waals surface area (Å²) >= 11 is 0. The van der Waals surface area contributed by atoms with Crippen LogP contribution in [0.1, 0.15) is 20.3 Å². The van der Waals surface area contributed by atoms with Gasteiger partial charge in [-0.05, 0) is 20.3 Å². The predicted octanol–water partition coefficient (Wildman–Crippen LogP) is -0.368. The highest BCUT2D eigenvalue weighted by Gasteiger charge is 2.40. The minimum absolute atomic E-state index is 0.0116. The average Bonchev–Trinajstić information content (AvgIpc) is 2.57. The van der Waals surface area contributed by atoms with Gasteiger partial charge in [0.05, 0.1) is 17.4 Å². The maximum absolute atomic E-state index is 12.3. The molecule has 0 bridgehead atoms. The second-order valence-corrected chi connectivity index (χ2v) is 7.81. The largest absolute Gasteiger partial charge is 0.335 e. The van der Waals surface area contributed by atoms with E-state index >= 15 is 0 Å². The molecule has 2 saturated heterocycles. The molecule has 2 rings (SSSR count). The molecule has 0 saturated carbocycles. The monoisotopic (exact) mass is 260 g/mol. The Morgan fingerprint density at radius 3 is 2.65 bits per heavy atom. The van der Waals surface area contributed by atoms with Crippen molar-refractivity contribution in [2.75, 3.05) is 31.1 Å². The summed E-state index contributed by atoms with van der Waals surface area (Å²) in [5.74, 6) is -0.114. The van der Waals surface area contributed by atoms with Crippen molar-refractivity contribution in [3.63, 3.8) is 0 Å². The van der Waals surface area contributed by atoms with Gasteiger partial charge in [-0.3, -0.25) is 4.79 Å². The van der Waals surface area contributed by atoms with Crippen molar-refractivity contribution >= 4 is 15.7 Å². The van der Waals surface area contributed by atoms with Crippen molar-refractivity contribution in [3.8, 4) is 0 Å². The minimum atomic E-state index is -2.98. The molecule has 0 aromatic rings. The summed E-state index contributed by atoms with van der Waals surface area (Å²) < 4.78 is 22.8. The molecule has 0 spiro atoms. The Kier molecular flexibility index (Phi) is 3.20. The topological polar surface area (TPSA) is 66.5 Å². The van der Waals surface area contributed by atoms with E-state index in [0.717, 1.165) is 13.1 Å². The summed E-state index contributed by atoms with van der Waals surface area (Å²) in [6.45, 7) is 6.25. The van der Waals surface area contributed by atoms with Crippen LogP contribution in [-0.2, 0) is 14.6 Å². The van der Waals surface area contributed by atoms with Crippen molar-refractivity contribution in [1.82, 2.24) is 10.2 Å². The molecule has 0 aliphatic carbocycles. The molecule has 2 aliphatic rings. The summed E-state index contributed by atoms with van der Waals surface area (Å²) in [5, 5.41) is 3.25. The van der Waals surface area contributed by atoms with E-state index in [1.54, 1.807) is 0 Å². The fourth-order valence-electron chi connectivity index (χ4n) is 2.60. The van der Waals surface area contributed by atoms with Crippen molar-refractivity contribution in [2.45, 2.75) is 25.8 Å². The maximum atomic E-state index is 12.3. The molecule has 1 atom stereocenters. The first kappa shape index (κ1) is 12.8. The fraction of sp³-hybridized carbons (Fsp3) is 0.909.